The lowest BCUT2D eigenvalue weighted by Crippen LogP contribution is -2.09. The number of para-hydroxylation sites is 1. The van der Waals surface area contributed by atoms with Gasteiger partial charge in [0.15, 0.2) is 0 Å². The van der Waals surface area contributed by atoms with Crippen molar-refractivity contribution in [1.29, 1.82) is 0 Å². The topological polar surface area (TPSA) is 48.1 Å². The highest BCUT2D eigenvalue weighted by Crippen LogP contribution is 2.23. The lowest BCUT2D eigenvalue weighted by Gasteiger charge is -2.05. The molecule has 2 N–H and O–H groups in total. The van der Waals surface area contributed by atoms with Gasteiger partial charge in [-0.3, -0.25) is 0 Å². The first-order valence-corrected chi connectivity index (χ1v) is 7.32. The first-order valence-electron chi connectivity index (χ1n) is 6.09. The van der Waals surface area contributed by atoms with Crippen molar-refractivity contribution in [3.05, 3.63) is 59.1 Å². The third-order valence-corrected chi connectivity index (χ3v) is 4.06. The fourth-order valence-electron chi connectivity index (χ4n) is 1.87. The maximum Gasteiger partial charge on any atom is 0.140 e. The molecular weight excluding hydrogens is 288 g/mol. The fourth-order valence-corrected chi connectivity index (χ4v) is 2.87. The summed E-state index contributed by atoms with van der Waals surface area (Å²) in [6.07, 6.45) is 0. The van der Waals surface area contributed by atoms with Gasteiger partial charge >= 0.3 is 0 Å². The maximum absolute atomic E-state index is 5.75. The molecule has 0 saturated carbocycles. The van der Waals surface area contributed by atoms with Gasteiger partial charge in [0.2, 0.25) is 0 Å². The minimum Gasteiger partial charge on any atom is -0.486 e. The number of thiocarbonyl (C=S) groups is 1. The second-order valence-electron chi connectivity index (χ2n) is 4.26. The molecule has 0 aliphatic carbocycles. The van der Waals surface area contributed by atoms with Crippen LogP contribution >= 0.6 is 23.6 Å². The summed E-state index contributed by atoms with van der Waals surface area (Å²) in [6, 6.07) is 15.5. The van der Waals surface area contributed by atoms with Crippen molar-refractivity contribution in [3.8, 4) is 5.75 Å². The summed E-state index contributed by atoms with van der Waals surface area (Å²) in [5, 5.41) is 0.951. The Hall–Kier alpha value is -1.98. The van der Waals surface area contributed by atoms with E-state index < -0.39 is 0 Å². The molecule has 0 aliphatic rings. The van der Waals surface area contributed by atoms with Crippen molar-refractivity contribution < 1.29 is 4.74 Å². The zero-order chi connectivity index (χ0) is 13.9. The van der Waals surface area contributed by atoms with E-state index in [4.69, 9.17) is 22.7 Å². The molecule has 0 atom stereocenters. The van der Waals surface area contributed by atoms with E-state index in [2.05, 4.69) is 11.1 Å². The van der Waals surface area contributed by atoms with Crippen LogP contribution in [0.5, 0.6) is 5.75 Å². The van der Waals surface area contributed by atoms with E-state index in [0.29, 0.717) is 11.6 Å². The van der Waals surface area contributed by atoms with Crippen LogP contribution in [0.25, 0.3) is 10.2 Å². The number of hydrogen-bond acceptors (Lipinski definition) is 4. The second-order valence-corrected chi connectivity index (χ2v) is 5.81. The van der Waals surface area contributed by atoms with Crippen LogP contribution in [-0.4, -0.2) is 9.97 Å². The SMILES string of the molecule is NC(=S)c1cccc(OCc2nc3ccccc3s2)c1. The number of aromatic nitrogens is 1. The molecule has 0 unspecified atom stereocenters. The van der Waals surface area contributed by atoms with E-state index >= 15 is 0 Å². The summed E-state index contributed by atoms with van der Waals surface area (Å²) >= 11 is 6.60. The minimum absolute atomic E-state index is 0.371. The van der Waals surface area contributed by atoms with E-state index in [1.54, 1.807) is 11.3 Å². The predicted octanol–water partition coefficient (Wildman–Crippen LogP) is 3.51. The van der Waals surface area contributed by atoms with E-state index in [9.17, 15) is 0 Å². The molecule has 0 radical (unpaired) electrons. The Morgan fingerprint density at radius 3 is 2.85 bits per heavy atom. The summed E-state index contributed by atoms with van der Waals surface area (Å²) in [4.78, 5) is 4.90. The Morgan fingerprint density at radius 2 is 2.05 bits per heavy atom. The first-order chi connectivity index (χ1) is 9.72. The third kappa shape index (κ3) is 2.79. The van der Waals surface area contributed by atoms with Gasteiger partial charge in [0.05, 0.1) is 10.2 Å². The molecule has 2 aromatic carbocycles. The molecule has 0 spiro atoms. The highest BCUT2D eigenvalue weighted by atomic mass is 32.1. The summed E-state index contributed by atoms with van der Waals surface area (Å²) in [5.74, 6) is 0.745. The largest absolute Gasteiger partial charge is 0.486 e. The maximum atomic E-state index is 5.75. The Kier molecular flexibility index (Phi) is 3.62. The fraction of sp³-hybridized carbons (Fsp3) is 0.0667. The molecule has 1 heterocycles. The van der Waals surface area contributed by atoms with Crippen LogP contribution in [0.1, 0.15) is 10.6 Å². The molecule has 0 aliphatic heterocycles. The van der Waals surface area contributed by atoms with Crippen LogP contribution in [0.15, 0.2) is 48.5 Å². The molecule has 0 fully saturated rings. The zero-order valence-corrected chi connectivity index (χ0v) is 12.2. The number of nitrogens with two attached hydrogens (primary N) is 1. The summed E-state index contributed by atoms with van der Waals surface area (Å²) in [6.45, 7) is 0.445. The lowest BCUT2D eigenvalue weighted by atomic mass is 10.2. The van der Waals surface area contributed by atoms with Gasteiger partial charge in [0, 0.05) is 5.56 Å². The van der Waals surface area contributed by atoms with Crippen molar-refractivity contribution in [1.82, 2.24) is 4.98 Å². The molecule has 1 aromatic heterocycles. The molecule has 100 valence electrons. The Balaban J connectivity index is 1.75. The Morgan fingerprint density at radius 1 is 1.20 bits per heavy atom. The van der Waals surface area contributed by atoms with Crippen molar-refractivity contribution in [3.63, 3.8) is 0 Å². The second kappa shape index (κ2) is 5.56. The third-order valence-electron chi connectivity index (χ3n) is 2.82. The van der Waals surface area contributed by atoms with E-state index in [1.807, 2.05) is 42.5 Å². The van der Waals surface area contributed by atoms with Gasteiger partial charge in [-0.2, -0.15) is 0 Å². The average Bonchev–Trinajstić information content (AvgIpc) is 2.88. The molecule has 5 heteroatoms. The number of thiazole rings is 1. The Labute approximate surface area is 126 Å². The van der Waals surface area contributed by atoms with Crippen LogP contribution in [-0.2, 0) is 6.61 Å². The summed E-state index contributed by atoms with van der Waals surface area (Å²) in [5.41, 5.74) is 7.42. The van der Waals surface area contributed by atoms with Crippen LogP contribution in [0.2, 0.25) is 0 Å². The molecule has 3 aromatic rings. The lowest BCUT2D eigenvalue weighted by molar-refractivity contribution is 0.306. The number of hydrogen-bond donors (Lipinski definition) is 1. The highest BCUT2D eigenvalue weighted by Gasteiger charge is 2.05. The van der Waals surface area contributed by atoms with E-state index in [1.165, 1.54) is 4.70 Å². The first kappa shape index (κ1) is 13.0. The van der Waals surface area contributed by atoms with Crippen molar-refractivity contribution >= 4 is 38.8 Å². The smallest absolute Gasteiger partial charge is 0.140 e. The molecule has 3 nitrogen and oxygen atoms in total. The van der Waals surface area contributed by atoms with E-state index in [-0.39, 0.29) is 0 Å². The highest BCUT2D eigenvalue weighted by molar-refractivity contribution is 7.80. The van der Waals surface area contributed by atoms with Crippen molar-refractivity contribution in [2.45, 2.75) is 6.61 Å². The molecular formula is C15H12N2OS2. The standard InChI is InChI=1S/C15H12N2OS2/c16-15(19)10-4-3-5-11(8-10)18-9-14-17-12-6-1-2-7-13(12)20-14/h1-8H,9H2,(H2,16,19). The molecule has 0 amide bonds. The van der Waals surface area contributed by atoms with Gasteiger partial charge in [0.1, 0.15) is 22.4 Å². The average molecular weight is 300 g/mol. The van der Waals surface area contributed by atoms with Gasteiger partial charge in [-0.25, -0.2) is 4.98 Å². The number of benzene rings is 2. The predicted molar refractivity (Wildman–Crippen MR) is 86.3 cm³/mol. The Bertz CT molecular complexity index is 734. The van der Waals surface area contributed by atoms with Gasteiger partial charge in [0.25, 0.3) is 0 Å². The molecule has 0 bridgehead atoms. The van der Waals surface area contributed by atoms with Crippen LogP contribution in [0, 0.1) is 0 Å². The van der Waals surface area contributed by atoms with Crippen molar-refractivity contribution in [2.24, 2.45) is 5.73 Å². The molecule has 20 heavy (non-hydrogen) atoms. The normalized spacial score (nSPS) is 10.6. The van der Waals surface area contributed by atoms with Crippen molar-refractivity contribution in [2.75, 3.05) is 0 Å². The van der Waals surface area contributed by atoms with Gasteiger partial charge in [-0.05, 0) is 24.3 Å². The summed E-state index contributed by atoms with van der Waals surface area (Å²) < 4.78 is 6.91. The van der Waals surface area contributed by atoms with Gasteiger partial charge in [-0.1, -0.05) is 36.5 Å². The molecule has 3 rings (SSSR count). The zero-order valence-electron chi connectivity index (χ0n) is 10.6. The van der Waals surface area contributed by atoms with Crippen LogP contribution < -0.4 is 10.5 Å². The number of rotatable bonds is 4. The van der Waals surface area contributed by atoms with E-state index in [0.717, 1.165) is 21.8 Å². The number of nitrogens with zero attached hydrogens (tertiary/aromatic N) is 1. The molecule has 0 saturated heterocycles. The van der Waals surface area contributed by atoms with Crippen LogP contribution in [0.3, 0.4) is 0 Å². The minimum atomic E-state index is 0.371. The summed E-state index contributed by atoms with van der Waals surface area (Å²) in [7, 11) is 0. The quantitative estimate of drug-likeness (QED) is 0.749. The van der Waals surface area contributed by atoms with Gasteiger partial charge in [-0.15, -0.1) is 11.3 Å². The number of fused-ring (bicyclic) bond motifs is 1. The monoisotopic (exact) mass is 300 g/mol. The van der Waals surface area contributed by atoms with Crippen LogP contribution in [0.4, 0.5) is 0 Å². The van der Waals surface area contributed by atoms with Gasteiger partial charge < -0.3 is 10.5 Å². The number of ether oxygens (including phenoxy) is 1.